The van der Waals surface area contributed by atoms with Crippen molar-refractivity contribution < 1.29 is 14.6 Å². The normalized spacial score (nSPS) is 50.5. The average Bonchev–Trinajstić information content (AvgIpc) is 2.95. The molecule has 1 saturated carbocycles. The highest BCUT2D eigenvalue weighted by Crippen LogP contribution is 2.69. The number of ether oxygens (including phenoxy) is 1. The second-order valence-electron chi connectivity index (χ2n) is 9.00. The van der Waals surface area contributed by atoms with Gasteiger partial charge in [0.2, 0.25) is 0 Å². The largest absolute Gasteiger partial charge is 0.461 e. The molecule has 0 amide bonds. The van der Waals surface area contributed by atoms with Crippen molar-refractivity contribution >= 4 is 5.97 Å². The van der Waals surface area contributed by atoms with Gasteiger partial charge in [-0.25, -0.2) is 0 Å². The van der Waals surface area contributed by atoms with Crippen molar-refractivity contribution in [3.05, 3.63) is 11.8 Å². The van der Waals surface area contributed by atoms with Gasteiger partial charge in [0.1, 0.15) is 6.10 Å². The van der Waals surface area contributed by atoms with Crippen LogP contribution in [0.5, 0.6) is 0 Å². The minimum atomic E-state index is -0.600. The molecule has 132 valence electrons. The Balaban J connectivity index is 1.67. The third-order valence-electron chi connectivity index (χ3n) is 7.87. The zero-order valence-electron chi connectivity index (χ0n) is 14.8. The van der Waals surface area contributed by atoms with Gasteiger partial charge in [-0.05, 0) is 50.9 Å². The summed E-state index contributed by atoms with van der Waals surface area (Å²) in [4.78, 5) is 15.1. The van der Waals surface area contributed by atoms with Crippen molar-refractivity contribution in [1.29, 1.82) is 0 Å². The van der Waals surface area contributed by atoms with E-state index in [4.69, 9.17) is 4.74 Å². The summed E-state index contributed by atoms with van der Waals surface area (Å²) in [5.41, 5.74) is 1.79. The predicted octanol–water partition coefficient (Wildman–Crippen LogP) is 2.57. The van der Waals surface area contributed by atoms with Gasteiger partial charge in [-0.3, -0.25) is 4.79 Å². The molecule has 8 atom stereocenters. The zero-order valence-corrected chi connectivity index (χ0v) is 14.8. The van der Waals surface area contributed by atoms with E-state index in [1.54, 1.807) is 12.6 Å². The summed E-state index contributed by atoms with van der Waals surface area (Å²) in [5.74, 6) is 1.27. The number of aliphatic hydroxyl groups excluding tert-OH is 1. The van der Waals surface area contributed by atoms with E-state index < -0.39 is 6.10 Å². The summed E-state index contributed by atoms with van der Waals surface area (Å²) in [5, 5.41) is 10.3. The summed E-state index contributed by atoms with van der Waals surface area (Å²) in [6, 6.07) is 0. The quantitative estimate of drug-likeness (QED) is 0.750. The Morgan fingerprint density at radius 3 is 2.92 bits per heavy atom. The van der Waals surface area contributed by atoms with Gasteiger partial charge in [0.25, 0.3) is 0 Å². The molecule has 24 heavy (non-hydrogen) atoms. The molecule has 5 rings (SSSR count). The van der Waals surface area contributed by atoms with Crippen LogP contribution in [-0.2, 0) is 9.53 Å². The monoisotopic (exact) mass is 331 g/mol. The van der Waals surface area contributed by atoms with E-state index in [-0.39, 0.29) is 29.3 Å². The van der Waals surface area contributed by atoms with Gasteiger partial charge in [0, 0.05) is 36.0 Å². The summed E-state index contributed by atoms with van der Waals surface area (Å²) < 4.78 is 5.97. The molecule has 0 aromatic rings. The highest BCUT2D eigenvalue weighted by atomic mass is 16.6. The fourth-order valence-corrected chi connectivity index (χ4v) is 7.30. The van der Waals surface area contributed by atoms with E-state index in [0.717, 1.165) is 13.0 Å². The SMILES string of the molecule is C[C@H]1C=C2N3CCC[C@@H]4C5C(OC(=O)[C@H]5[C@@H](C)O)[C@H](C1)[C@]24CCC3. The minimum Gasteiger partial charge on any atom is -0.461 e. The third kappa shape index (κ3) is 1.71. The lowest BCUT2D eigenvalue weighted by Gasteiger charge is -2.52. The molecule has 1 spiro atoms. The van der Waals surface area contributed by atoms with Crippen LogP contribution in [-0.4, -0.2) is 41.3 Å². The van der Waals surface area contributed by atoms with E-state index in [1.165, 1.54) is 32.2 Å². The van der Waals surface area contributed by atoms with Crippen LogP contribution in [0.4, 0.5) is 0 Å². The zero-order chi connectivity index (χ0) is 16.6. The van der Waals surface area contributed by atoms with Gasteiger partial charge in [-0.15, -0.1) is 0 Å². The molecular weight excluding hydrogens is 302 g/mol. The van der Waals surface area contributed by atoms with Crippen LogP contribution in [0.25, 0.3) is 0 Å². The van der Waals surface area contributed by atoms with Crippen molar-refractivity contribution in [2.24, 2.45) is 35.0 Å². The first-order valence-electron chi connectivity index (χ1n) is 9.90. The van der Waals surface area contributed by atoms with Crippen LogP contribution in [0.3, 0.4) is 0 Å². The lowest BCUT2D eigenvalue weighted by Crippen LogP contribution is -2.49. The molecule has 4 nitrogen and oxygen atoms in total. The molecule has 3 aliphatic heterocycles. The van der Waals surface area contributed by atoms with Gasteiger partial charge in [-0.2, -0.15) is 0 Å². The van der Waals surface area contributed by atoms with Gasteiger partial charge in [0.15, 0.2) is 0 Å². The molecule has 0 aromatic carbocycles. The van der Waals surface area contributed by atoms with Crippen LogP contribution in [0.2, 0.25) is 0 Å². The minimum absolute atomic E-state index is 0.0336. The van der Waals surface area contributed by atoms with Crippen molar-refractivity contribution in [1.82, 2.24) is 4.90 Å². The number of piperidine rings is 1. The molecule has 0 radical (unpaired) electrons. The topological polar surface area (TPSA) is 49.8 Å². The Labute approximate surface area is 144 Å². The van der Waals surface area contributed by atoms with E-state index in [1.807, 2.05) is 0 Å². The highest BCUT2D eigenvalue weighted by molar-refractivity contribution is 5.76. The maximum atomic E-state index is 12.5. The number of hydrogen-bond acceptors (Lipinski definition) is 4. The molecule has 2 aliphatic carbocycles. The molecule has 1 N–H and O–H groups in total. The lowest BCUT2D eigenvalue weighted by molar-refractivity contribution is -0.150. The predicted molar refractivity (Wildman–Crippen MR) is 89.9 cm³/mol. The number of aliphatic hydroxyl groups is 1. The third-order valence-corrected chi connectivity index (χ3v) is 7.87. The van der Waals surface area contributed by atoms with Crippen LogP contribution >= 0.6 is 0 Å². The maximum Gasteiger partial charge on any atom is 0.312 e. The first-order chi connectivity index (χ1) is 11.5. The van der Waals surface area contributed by atoms with Crippen LogP contribution < -0.4 is 0 Å². The molecule has 5 aliphatic rings. The number of nitrogens with zero attached hydrogens (tertiary/aromatic N) is 1. The number of rotatable bonds is 1. The molecule has 4 heteroatoms. The number of esters is 1. The number of hydrogen-bond donors (Lipinski definition) is 1. The van der Waals surface area contributed by atoms with Gasteiger partial charge in [0.05, 0.1) is 12.0 Å². The molecule has 4 fully saturated rings. The lowest BCUT2D eigenvalue weighted by atomic mass is 9.58. The van der Waals surface area contributed by atoms with Crippen molar-refractivity contribution in [2.75, 3.05) is 13.1 Å². The fourth-order valence-electron chi connectivity index (χ4n) is 7.30. The molecular formula is C20H29NO3. The van der Waals surface area contributed by atoms with Gasteiger partial charge < -0.3 is 14.7 Å². The van der Waals surface area contributed by atoms with E-state index in [0.29, 0.717) is 17.8 Å². The van der Waals surface area contributed by atoms with E-state index in [2.05, 4.69) is 17.9 Å². The second-order valence-corrected chi connectivity index (χ2v) is 9.00. The molecule has 2 bridgehead atoms. The molecule has 2 unspecified atom stereocenters. The van der Waals surface area contributed by atoms with Gasteiger partial charge >= 0.3 is 5.97 Å². The summed E-state index contributed by atoms with van der Waals surface area (Å²) in [7, 11) is 0. The Morgan fingerprint density at radius 1 is 1.33 bits per heavy atom. The van der Waals surface area contributed by atoms with Crippen LogP contribution in [0.1, 0.15) is 46.0 Å². The Kier molecular flexibility index (Phi) is 3.17. The maximum absolute atomic E-state index is 12.5. The first-order valence-corrected chi connectivity index (χ1v) is 9.90. The van der Waals surface area contributed by atoms with E-state index in [9.17, 15) is 9.90 Å². The Morgan fingerprint density at radius 2 is 2.12 bits per heavy atom. The first kappa shape index (κ1) is 15.2. The molecule has 0 aromatic heterocycles. The van der Waals surface area contributed by atoms with Crippen LogP contribution in [0, 0.1) is 35.0 Å². The van der Waals surface area contributed by atoms with Crippen LogP contribution in [0.15, 0.2) is 11.8 Å². The Hall–Kier alpha value is -1.03. The molecule has 3 saturated heterocycles. The summed E-state index contributed by atoms with van der Waals surface area (Å²) in [6.07, 6.45) is 7.99. The fraction of sp³-hybridized carbons (Fsp3) is 0.850. The van der Waals surface area contributed by atoms with E-state index >= 15 is 0 Å². The standard InChI is InChI=1S/C20H29NO3/c1-11-9-14-18-17(16(12(2)22)19(23)24-18)13-5-3-7-21-8-4-6-20(13,14)15(21)10-11/h10-14,16-18,22H,3-9H2,1-2H3/t11-,12-,13-,14+,16+,17?,18?,20-/m1/s1. The van der Waals surface area contributed by atoms with Crippen molar-refractivity contribution in [2.45, 2.75) is 58.2 Å². The Bertz CT molecular complexity index is 598. The summed E-state index contributed by atoms with van der Waals surface area (Å²) in [6.45, 7) is 6.44. The number of fused-ring (bicyclic) bond motifs is 3. The number of allylic oxidation sites excluding steroid dienone is 2. The number of carbonyl (C=O) groups excluding carboxylic acids is 1. The van der Waals surface area contributed by atoms with Crippen molar-refractivity contribution in [3.8, 4) is 0 Å². The smallest absolute Gasteiger partial charge is 0.312 e. The number of carbonyl (C=O) groups is 1. The van der Waals surface area contributed by atoms with Crippen molar-refractivity contribution in [3.63, 3.8) is 0 Å². The molecule has 3 heterocycles. The van der Waals surface area contributed by atoms with Gasteiger partial charge in [-0.1, -0.05) is 13.0 Å². The second kappa shape index (κ2) is 5.00. The average molecular weight is 331 g/mol. The highest BCUT2D eigenvalue weighted by Gasteiger charge is 2.70. The summed E-state index contributed by atoms with van der Waals surface area (Å²) >= 11 is 0.